The Kier molecular flexibility index (Phi) is 8.58. The molecule has 0 aliphatic carbocycles. The van der Waals surface area contributed by atoms with Gasteiger partial charge in [-0.25, -0.2) is 9.78 Å². The predicted molar refractivity (Wildman–Crippen MR) is 142 cm³/mol. The number of anilines is 1. The third-order valence-electron chi connectivity index (χ3n) is 6.78. The van der Waals surface area contributed by atoms with Gasteiger partial charge in [-0.2, -0.15) is 13.2 Å². The minimum Gasteiger partial charge on any atom is -0.472 e. The highest BCUT2D eigenvalue weighted by Crippen LogP contribution is 2.31. The molecule has 0 saturated carbocycles. The van der Waals surface area contributed by atoms with Gasteiger partial charge in [0.05, 0.1) is 24.8 Å². The van der Waals surface area contributed by atoms with Crippen LogP contribution in [0.15, 0.2) is 61.1 Å². The van der Waals surface area contributed by atoms with Gasteiger partial charge >= 0.3 is 12.2 Å². The van der Waals surface area contributed by atoms with Crippen molar-refractivity contribution >= 4 is 17.6 Å². The van der Waals surface area contributed by atoms with Crippen molar-refractivity contribution in [3.63, 3.8) is 0 Å². The van der Waals surface area contributed by atoms with E-state index >= 15 is 0 Å². The zero-order chi connectivity index (χ0) is 29.0. The first-order valence-electron chi connectivity index (χ1n) is 12.7. The summed E-state index contributed by atoms with van der Waals surface area (Å²) in [5.41, 5.74) is 1.04. The summed E-state index contributed by atoms with van der Waals surface area (Å²) in [7, 11) is 1.54. The number of halogens is 3. The number of pyridine rings is 2. The molecule has 0 radical (unpaired) electrons. The van der Waals surface area contributed by atoms with Crippen LogP contribution in [0.5, 0.6) is 5.88 Å². The standard InChI is InChI=1S/C28H30F3N5O4/c1-17-14-36(18(2)16-37)26(38)23-11-20(19-5-4-10-32-12-19)13-33-25(23)40-24(17)15-35(3)27(39)34-22-8-6-21(7-9-22)28(29,30)31/h4-13,17-18,24,37H,14-16H2,1-3H3,(H,34,39)/t17-,18+,24+/m0/s1. The van der Waals surface area contributed by atoms with Crippen LogP contribution in [-0.2, 0) is 6.18 Å². The lowest BCUT2D eigenvalue weighted by molar-refractivity contribution is -0.137. The first-order valence-corrected chi connectivity index (χ1v) is 12.7. The maximum atomic E-state index is 13.6. The minimum atomic E-state index is -4.48. The van der Waals surface area contributed by atoms with Crippen LogP contribution in [-0.4, -0.2) is 75.7 Å². The molecule has 0 spiro atoms. The summed E-state index contributed by atoms with van der Waals surface area (Å²) in [4.78, 5) is 37.9. The highest BCUT2D eigenvalue weighted by molar-refractivity contribution is 5.98. The second kappa shape index (κ2) is 11.9. The van der Waals surface area contributed by atoms with Gasteiger partial charge in [0.2, 0.25) is 5.88 Å². The number of nitrogens with one attached hydrogen (secondary N) is 1. The molecule has 3 heterocycles. The summed E-state index contributed by atoms with van der Waals surface area (Å²) in [6, 6.07) is 8.41. The van der Waals surface area contributed by atoms with Gasteiger partial charge in [0.25, 0.3) is 5.91 Å². The second-order valence-corrected chi connectivity index (χ2v) is 9.83. The maximum Gasteiger partial charge on any atom is 0.416 e. The number of aliphatic hydroxyl groups is 1. The van der Waals surface area contributed by atoms with Crippen molar-refractivity contribution < 1.29 is 32.6 Å². The maximum absolute atomic E-state index is 13.6. The van der Waals surface area contributed by atoms with Crippen molar-refractivity contribution in [3.8, 4) is 17.0 Å². The molecule has 3 amide bonds. The van der Waals surface area contributed by atoms with Gasteiger partial charge in [-0.1, -0.05) is 13.0 Å². The Bertz CT molecular complexity index is 1340. The fraction of sp³-hybridized carbons (Fsp3) is 0.357. The topological polar surface area (TPSA) is 108 Å². The normalized spacial score (nSPS) is 18.2. The molecular formula is C28H30F3N5O4. The molecule has 0 bridgehead atoms. The molecule has 1 aliphatic heterocycles. The van der Waals surface area contributed by atoms with E-state index in [1.807, 2.05) is 13.0 Å². The van der Waals surface area contributed by atoms with E-state index in [-0.39, 0.29) is 48.7 Å². The molecule has 9 nitrogen and oxygen atoms in total. The molecule has 3 atom stereocenters. The third-order valence-corrected chi connectivity index (χ3v) is 6.78. The molecule has 212 valence electrons. The van der Waals surface area contributed by atoms with E-state index in [0.717, 1.165) is 17.7 Å². The zero-order valence-corrected chi connectivity index (χ0v) is 22.2. The number of likely N-dealkylation sites (N-methyl/N-ethyl adjacent to an activating group) is 1. The number of carbonyl (C=O) groups excluding carboxylic acids is 2. The number of alkyl halides is 3. The average Bonchev–Trinajstić information content (AvgIpc) is 2.94. The smallest absolute Gasteiger partial charge is 0.416 e. The monoisotopic (exact) mass is 557 g/mol. The molecule has 1 aromatic carbocycles. The molecule has 0 unspecified atom stereocenters. The third kappa shape index (κ3) is 6.50. The van der Waals surface area contributed by atoms with Crippen molar-refractivity contribution in [1.82, 2.24) is 19.8 Å². The molecule has 2 N–H and O–H groups in total. The van der Waals surface area contributed by atoms with Crippen LogP contribution in [0.3, 0.4) is 0 Å². The molecule has 0 fully saturated rings. The molecule has 4 rings (SSSR count). The average molecular weight is 558 g/mol. The van der Waals surface area contributed by atoms with E-state index in [2.05, 4.69) is 15.3 Å². The molecule has 3 aromatic rings. The van der Waals surface area contributed by atoms with E-state index in [4.69, 9.17) is 4.74 Å². The van der Waals surface area contributed by atoms with Crippen LogP contribution in [0.2, 0.25) is 0 Å². The molecule has 40 heavy (non-hydrogen) atoms. The first-order chi connectivity index (χ1) is 19.0. The Morgan fingerprint density at radius 2 is 1.95 bits per heavy atom. The summed E-state index contributed by atoms with van der Waals surface area (Å²) >= 11 is 0. The molecule has 12 heteroatoms. The predicted octanol–water partition coefficient (Wildman–Crippen LogP) is 4.55. The number of amides is 3. The van der Waals surface area contributed by atoms with E-state index in [1.54, 1.807) is 42.5 Å². The van der Waals surface area contributed by atoms with Crippen molar-refractivity contribution in [2.24, 2.45) is 5.92 Å². The van der Waals surface area contributed by atoms with E-state index < -0.39 is 29.9 Å². The number of carbonyl (C=O) groups is 2. The minimum absolute atomic E-state index is 0.0919. The van der Waals surface area contributed by atoms with Gasteiger partial charge in [0, 0.05) is 54.9 Å². The Morgan fingerprint density at radius 1 is 1.23 bits per heavy atom. The summed E-state index contributed by atoms with van der Waals surface area (Å²) in [6.07, 6.45) is -0.203. The second-order valence-electron chi connectivity index (χ2n) is 9.83. The lowest BCUT2D eigenvalue weighted by Gasteiger charge is -2.37. The molecule has 0 saturated heterocycles. The van der Waals surface area contributed by atoms with Gasteiger partial charge in [-0.3, -0.25) is 9.78 Å². The first kappa shape index (κ1) is 28.8. The van der Waals surface area contributed by atoms with E-state index in [1.165, 1.54) is 24.1 Å². The fourth-order valence-corrected chi connectivity index (χ4v) is 4.33. The number of fused-ring (bicyclic) bond motifs is 1. The Balaban J connectivity index is 1.57. The number of urea groups is 1. The lowest BCUT2D eigenvalue weighted by atomic mass is 9.99. The highest BCUT2D eigenvalue weighted by Gasteiger charge is 2.35. The SMILES string of the molecule is C[C@H](CO)N1C[C@H](C)[C@@H](CN(C)C(=O)Nc2ccc(C(F)(F)F)cc2)Oc2ncc(-c3cccnc3)cc2C1=O. The summed E-state index contributed by atoms with van der Waals surface area (Å²) in [6.45, 7) is 3.70. The Hall–Kier alpha value is -4.19. The Morgan fingerprint density at radius 3 is 2.58 bits per heavy atom. The largest absolute Gasteiger partial charge is 0.472 e. The molecule has 1 aliphatic rings. The molecule has 2 aromatic heterocycles. The lowest BCUT2D eigenvalue weighted by Crippen LogP contribution is -2.50. The zero-order valence-electron chi connectivity index (χ0n) is 22.2. The number of aliphatic hydroxyl groups excluding tert-OH is 1. The number of rotatable bonds is 6. The molecular weight excluding hydrogens is 527 g/mol. The summed E-state index contributed by atoms with van der Waals surface area (Å²) < 4.78 is 44.8. The van der Waals surface area contributed by atoms with Crippen LogP contribution in [0.1, 0.15) is 29.8 Å². The number of ether oxygens (including phenoxy) is 1. The quantitative estimate of drug-likeness (QED) is 0.461. The van der Waals surface area contributed by atoms with Crippen molar-refractivity contribution in [1.29, 1.82) is 0 Å². The number of hydrogen-bond donors (Lipinski definition) is 2. The van der Waals surface area contributed by atoms with Crippen molar-refractivity contribution in [2.75, 3.05) is 32.1 Å². The van der Waals surface area contributed by atoms with E-state index in [0.29, 0.717) is 5.56 Å². The van der Waals surface area contributed by atoms with Crippen LogP contribution >= 0.6 is 0 Å². The number of nitrogens with zero attached hydrogens (tertiary/aromatic N) is 4. The summed E-state index contributed by atoms with van der Waals surface area (Å²) in [5, 5.41) is 12.4. The van der Waals surface area contributed by atoms with Crippen LogP contribution in [0.25, 0.3) is 11.1 Å². The Labute approximate surface area is 229 Å². The van der Waals surface area contributed by atoms with Crippen molar-refractivity contribution in [2.45, 2.75) is 32.2 Å². The van der Waals surface area contributed by atoms with Crippen LogP contribution in [0, 0.1) is 5.92 Å². The number of benzene rings is 1. The number of hydrogen-bond acceptors (Lipinski definition) is 6. The van der Waals surface area contributed by atoms with Gasteiger partial charge in [0.1, 0.15) is 11.7 Å². The van der Waals surface area contributed by atoms with E-state index in [9.17, 15) is 27.9 Å². The van der Waals surface area contributed by atoms with Gasteiger partial charge < -0.3 is 25.0 Å². The van der Waals surface area contributed by atoms with Gasteiger partial charge in [-0.05, 0) is 43.3 Å². The number of aromatic nitrogens is 2. The van der Waals surface area contributed by atoms with Crippen LogP contribution in [0.4, 0.5) is 23.7 Å². The van der Waals surface area contributed by atoms with Crippen LogP contribution < -0.4 is 10.1 Å². The van der Waals surface area contributed by atoms with Crippen molar-refractivity contribution in [3.05, 3.63) is 72.2 Å². The van der Waals surface area contributed by atoms with Gasteiger partial charge in [0.15, 0.2) is 0 Å². The van der Waals surface area contributed by atoms with Gasteiger partial charge in [-0.15, -0.1) is 0 Å². The summed E-state index contributed by atoms with van der Waals surface area (Å²) in [5.74, 6) is -0.512. The fourth-order valence-electron chi connectivity index (χ4n) is 4.33. The highest BCUT2D eigenvalue weighted by atomic mass is 19.4.